The summed E-state index contributed by atoms with van der Waals surface area (Å²) in [6.45, 7) is 4.27. The van der Waals surface area contributed by atoms with Crippen molar-refractivity contribution in [2.75, 3.05) is 19.0 Å². The van der Waals surface area contributed by atoms with E-state index in [1.54, 1.807) is 7.11 Å². The van der Waals surface area contributed by atoms with Crippen LogP contribution in [0.5, 0.6) is 5.75 Å². The maximum Gasteiger partial charge on any atom is 0.324 e. The zero-order chi connectivity index (χ0) is 18.5. The fourth-order valence-corrected chi connectivity index (χ4v) is 3.19. The molecule has 0 fully saturated rings. The van der Waals surface area contributed by atoms with E-state index in [0.29, 0.717) is 18.9 Å². The van der Waals surface area contributed by atoms with Crippen LogP contribution in [0.1, 0.15) is 16.3 Å². The molecule has 136 valence electrons. The first-order valence-corrected chi connectivity index (χ1v) is 8.82. The van der Waals surface area contributed by atoms with Crippen molar-refractivity contribution in [2.45, 2.75) is 20.3 Å². The third-order valence-electron chi connectivity index (χ3n) is 3.60. The molecule has 0 aliphatic heterocycles. The number of ether oxygens (including phenoxy) is 1. The predicted octanol–water partition coefficient (Wildman–Crippen LogP) is 3.18. The summed E-state index contributed by atoms with van der Waals surface area (Å²) in [6, 6.07) is 7.35. The van der Waals surface area contributed by atoms with Gasteiger partial charge in [0, 0.05) is 6.54 Å². The first kappa shape index (κ1) is 17.9. The molecule has 0 unspecified atom stereocenters. The Kier molecular flexibility index (Phi) is 5.47. The number of carbonyl (C=O) groups excluding carboxylic acids is 1. The number of aromatic nitrogens is 3. The van der Waals surface area contributed by atoms with Gasteiger partial charge in [-0.1, -0.05) is 17.2 Å². The lowest BCUT2D eigenvalue weighted by Gasteiger charge is -2.05. The molecule has 3 rings (SSSR count). The SMILES string of the molecule is COc1ccc(CCNC(=O)Nc2nnc(-c3sc(C)nc3C)o2)cc1. The van der Waals surface area contributed by atoms with Gasteiger partial charge in [-0.3, -0.25) is 5.32 Å². The number of nitrogens with one attached hydrogen (secondary N) is 2. The number of aryl methyl sites for hydroxylation is 2. The number of methoxy groups -OCH3 is 1. The number of hydrogen-bond donors (Lipinski definition) is 2. The fraction of sp³-hybridized carbons (Fsp3) is 0.294. The van der Waals surface area contributed by atoms with Crippen LogP contribution < -0.4 is 15.4 Å². The molecule has 2 amide bonds. The highest BCUT2D eigenvalue weighted by Gasteiger charge is 2.16. The summed E-state index contributed by atoms with van der Waals surface area (Å²) in [5, 5.41) is 14.0. The van der Waals surface area contributed by atoms with Crippen molar-refractivity contribution in [1.82, 2.24) is 20.5 Å². The summed E-state index contributed by atoms with van der Waals surface area (Å²) in [5.41, 5.74) is 1.92. The quantitative estimate of drug-likeness (QED) is 0.688. The Morgan fingerprint density at radius 2 is 2.00 bits per heavy atom. The second kappa shape index (κ2) is 7.96. The summed E-state index contributed by atoms with van der Waals surface area (Å²) >= 11 is 1.47. The standard InChI is InChI=1S/C17H19N5O3S/c1-10-14(26-11(2)19-10)15-21-22-17(25-15)20-16(23)18-9-8-12-4-6-13(24-3)7-5-12/h4-7H,8-9H2,1-3H3,(H2,18,20,22,23). The fourth-order valence-electron chi connectivity index (χ4n) is 2.35. The molecule has 0 aliphatic carbocycles. The van der Waals surface area contributed by atoms with Crippen molar-refractivity contribution >= 4 is 23.4 Å². The van der Waals surface area contributed by atoms with Crippen molar-refractivity contribution in [1.29, 1.82) is 0 Å². The molecule has 8 nitrogen and oxygen atoms in total. The molecule has 3 aromatic rings. The average Bonchev–Trinajstić information content (AvgIpc) is 3.21. The van der Waals surface area contributed by atoms with E-state index in [9.17, 15) is 4.79 Å². The van der Waals surface area contributed by atoms with Gasteiger partial charge in [-0.25, -0.2) is 9.78 Å². The predicted molar refractivity (Wildman–Crippen MR) is 98.6 cm³/mol. The Morgan fingerprint density at radius 3 is 2.65 bits per heavy atom. The number of amides is 2. The lowest BCUT2D eigenvalue weighted by Crippen LogP contribution is -2.30. The van der Waals surface area contributed by atoms with E-state index in [4.69, 9.17) is 9.15 Å². The van der Waals surface area contributed by atoms with Gasteiger partial charge in [-0.15, -0.1) is 16.4 Å². The summed E-state index contributed by atoms with van der Waals surface area (Å²) in [4.78, 5) is 17.1. The number of thiazole rings is 1. The molecular weight excluding hydrogens is 354 g/mol. The maximum atomic E-state index is 11.9. The zero-order valence-electron chi connectivity index (χ0n) is 14.7. The van der Waals surface area contributed by atoms with Crippen molar-refractivity contribution < 1.29 is 13.9 Å². The van der Waals surface area contributed by atoms with Crippen molar-refractivity contribution in [2.24, 2.45) is 0 Å². The smallest absolute Gasteiger partial charge is 0.324 e. The molecule has 0 bridgehead atoms. The van der Waals surface area contributed by atoms with Crippen LogP contribution in [0.2, 0.25) is 0 Å². The minimum absolute atomic E-state index is 0.0485. The van der Waals surface area contributed by atoms with Gasteiger partial charge in [0.1, 0.15) is 10.6 Å². The van der Waals surface area contributed by atoms with E-state index in [2.05, 4.69) is 25.8 Å². The van der Waals surface area contributed by atoms with E-state index in [1.807, 2.05) is 38.1 Å². The first-order valence-electron chi connectivity index (χ1n) is 8.01. The van der Waals surface area contributed by atoms with Gasteiger partial charge in [0.2, 0.25) is 0 Å². The third kappa shape index (κ3) is 4.37. The number of nitrogens with zero attached hydrogens (tertiary/aromatic N) is 3. The minimum atomic E-state index is -0.397. The van der Waals surface area contributed by atoms with Gasteiger partial charge in [0.25, 0.3) is 5.89 Å². The summed E-state index contributed by atoms with van der Waals surface area (Å²) in [7, 11) is 1.63. The molecule has 0 aliphatic rings. The second-order valence-electron chi connectivity index (χ2n) is 5.54. The Labute approximate surface area is 154 Å². The van der Waals surface area contributed by atoms with Crippen LogP contribution in [0.4, 0.5) is 10.8 Å². The summed E-state index contributed by atoms with van der Waals surface area (Å²) in [5.74, 6) is 1.15. The van der Waals surface area contributed by atoms with Crippen molar-refractivity contribution in [3.63, 3.8) is 0 Å². The van der Waals surface area contributed by atoms with Gasteiger partial charge in [0.05, 0.1) is 17.8 Å². The molecule has 2 N–H and O–H groups in total. The van der Waals surface area contributed by atoms with Crippen LogP contribution in [0.15, 0.2) is 28.7 Å². The number of anilines is 1. The van der Waals surface area contributed by atoms with Gasteiger partial charge in [0.15, 0.2) is 0 Å². The molecule has 1 aromatic carbocycles. The largest absolute Gasteiger partial charge is 0.497 e. The summed E-state index contributed by atoms with van der Waals surface area (Å²) in [6.07, 6.45) is 0.700. The van der Waals surface area contributed by atoms with Gasteiger partial charge in [-0.2, -0.15) is 0 Å². The molecule has 0 spiro atoms. The van der Waals surface area contributed by atoms with Gasteiger partial charge < -0.3 is 14.5 Å². The van der Waals surface area contributed by atoms with E-state index >= 15 is 0 Å². The number of urea groups is 1. The van der Waals surface area contributed by atoms with Gasteiger partial charge >= 0.3 is 12.0 Å². The highest BCUT2D eigenvalue weighted by Crippen LogP contribution is 2.29. The lowest BCUT2D eigenvalue weighted by molar-refractivity contribution is 0.251. The average molecular weight is 373 g/mol. The van der Waals surface area contributed by atoms with Crippen molar-refractivity contribution in [3.8, 4) is 16.5 Å². The third-order valence-corrected chi connectivity index (χ3v) is 4.66. The molecule has 0 radical (unpaired) electrons. The molecule has 0 saturated heterocycles. The van der Waals surface area contributed by atoms with Crippen LogP contribution in [0.3, 0.4) is 0 Å². The molecule has 0 atom stereocenters. The monoisotopic (exact) mass is 373 g/mol. The zero-order valence-corrected chi connectivity index (χ0v) is 15.5. The minimum Gasteiger partial charge on any atom is -0.497 e. The highest BCUT2D eigenvalue weighted by atomic mass is 32.1. The van der Waals surface area contributed by atoms with E-state index in [0.717, 1.165) is 26.9 Å². The highest BCUT2D eigenvalue weighted by molar-refractivity contribution is 7.15. The first-order chi connectivity index (χ1) is 12.5. The molecular formula is C17H19N5O3S. The van der Waals surface area contributed by atoms with Crippen LogP contribution in [-0.2, 0) is 6.42 Å². The molecule has 2 heterocycles. The Hall–Kier alpha value is -2.94. The second-order valence-corrected chi connectivity index (χ2v) is 6.74. The lowest BCUT2D eigenvalue weighted by atomic mass is 10.1. The topological polar surface area (TPSA) is 102 Å². The maximum absolute atomic E-state index is 11.9. The number of hydrogen-bond acceptors (Lipinski definition) is 7. The normalized spacial score (nSPS) is 10.6. The number of benzene rings is 1. The van der Waals surface area contributed by atoms with E-state index in [1.165, 1.54) is 11.3 Å². The van der Waals surface area contributed by atoms with E-state index in [-0.39, 0.29) is 6.01 Å². The van der Waals surface area contributed by atoms with Crippen LogP contribution >= 0.6 is 11.3 Å². The Balaban J connectivity index is 1.49. The van der Waals surface area contributed by atoms with E-state index < -0.39 is 6.03 Å². The molecule has 2 aromatic heterocycles. The Bertz CT molecular complexity index is 888. The molecule has 9 heteroatoms. The van der Waals surface area contributed by atoms with Gasteiger partial charge in [-0.05, 0) is 38.0 Å². The van der Waals surface area contributed by atoms with Crippen molar-refractivity contribution in [3.05, 3.63) is 40.5 Å². The molecule has 0 saturated carbocycles. The Morgan fingerprint density at radius 1 is 1.23 bits per heavy atom. The van der Waals surface area contributed by atoms with Crippen LogP contribution in [0.25, 0.3) is 10.8 Å². The van der Waals surface area contributed by atoms with Crippen LogP contribution in [0, 0.1) is 13.8 Å². The number of rotatable bonds is 6. The molecule has 26 heavy (non-hydrogen) atoms. The van der Waals surface area contributed by atoms with Crippen LogP contribution in [-0.4, -0.2) is 34.9 Å². The summed E-state index contributed by atoms with van der Waals surface area (Å²) < 4.78 is 10.6. The number of carbonyl (C=O) groups is 1.